The van der Waals surface area contributed by atoms with Crippen molar-refractivity contribution in [3.8, 4) is 0 Å². The molecule has 2 aliphatic rings. The summed E-state index contributed by atoms with van der Waals surface area (Å²) < 4.78 is 7.66. The van der Waals surface area contributed by atoms with Gasteiger partial charge in [0.2, 0.25) is 0 Å². The molecule has 3 rings (SSSR count). The highest BCUT2D eigenvalue weighted by molar-refractivity contribution is 5.93. The maximum atomic E-state index is 12.3. The minimum atomic E-state index is -0.155. The van der Waals surface area contributed by atoms with Crippen molar-refractivity contribution in [2.24, 2.45) is 0 Å². The number of nitrogens with one attached hydrogen (secondary N) is 2. The molecule has 1 aliphatic heterocycles. The van der Waals surface area contributed by atoms with Gasteiger partial charge in [-0.1, -0.05) is 18.1 Å². The number of hydrogen-bond acceptors (Lipinski definition) is 5. The average molecular weight is 321 g/mol. The van der Waals surface area contributed by atoms with Crippen LogP contribution in [0.2, 0.25) is 0 Å². The minimum Gasteiger partial charge on any atom is -0.376 e. The predicted octanol–water partition coefficient (Wildman–Crippen LogP) is 1.20. The summed E-state index contributed by atoms with van der Waals surface area (Å²) in [5.74, 6) is -0.155. The molecule has 7 heteroatoms. The van der Waals surface area contributed by atoms with Crippen LogP contribution in [0.15, 0.2) is 0 Å². The van der Waals surface area contributed by atoms with E-state index in [1.54, 1.807) is 0 Å². The van der Waals surface area contributed by atoms with Crippen LogP contribution < -0.4 is 10.6 Å². The van der Waals surface area contributed by atoms with E-state index in [9.17, 15) is 4.79 Å². The van der Waals surface area contributed by atoms with Gasteiger partial charge in [0.05, 0.1) is 24.4 Å². The molecule has 1 saturated carbocycles. The Labute approximate surface area is 137 Å². The van der Waals surface area contributed by atoms with E-state index in [2.05, 4.69) is 20.9 Å². The molecule has 0 bridgehead atoms. The number of rotatable bonds is 6. The number of piperidine rings is 1. The molecule has 23 heavy (non-hydrogen) atoms. The van der Waals surface area contributed by atoms with E-state index >= 15 is 0 Å². The first-order valence-corrected chi connectivity index (χ1v) is 8.78. The van der Waals surface area contributed by atoms with Crippen LogP contribution in [0, 0.1) is 6.92 Å². The van der Waals surface area contributed by atoms with Gasteiger partial charge < -0.3 is 15.4 Å². The third kappa shape index (κ3) is 4.09. The smallest absolute Gasteiger partial charge is 0.273 e. The molecule has 0 aromatic carbocycles. The van der Waals surface area contributed by atoms with Gasteiger partial charge in [-0.25, -0.2) is 4.68 Å². The van der Waals surface area contributed by atoms with E-state index in [0.717, 1.165) is 44.5 Å². The summed E-state index contributed by atoms with van der Waals surface area (Å²) in [6, 6.07) is 0.344. The van der Waals surface area contributed by atoms with Crippen molar-refractivity contribution in [2.45, 2.75) is 57.6 Å². The Balaban J connectivity index is 1.48. The van der Waals surface area contributed by atoms with Crippen LogP contribution in [0.4, 0.5) is 0 Å². The van der Waals surface area contributed by atoms with Crippen molar-refractivity contribution in [3.63, 3.8) is 0 Å². The Kier molecular flexibility index (Phi) is 5.61. The van der Waals surface area contributed by atoms with Gasteiger partial charge in [-0.05, 0) is 45.7 Å². The fraction of sp³-hybridized carbons (Fsp3) is 0.812. The van der Waals surface area contributed by atoms with Crippen LogP contribution in [0.5, 0.6) is 0 Å². The van der Waals surface area contributed by atoms with Crippen LogP contribution in [0.25, 0.3) is 0 Å². The van der Waals surface area contributed by atoms with Gasteiger partial charge in [-0.2, -0.15) is 0 Å². The van der Waals surface area contributed by atoms with E-state index in [-0.39, 0.29) is 5.91 Å². The third-order valence-electron chi connectivity index (χ3n) is 4.84. The van der Waals surface area contributed by atoms with E-state index < -0.39 is 0 Å². The fourth-order valence-corrected chi connectivity index (χ4v) is 3.48. The van der Waals surface area contributed by atoms with E-state index in [1.807, 2.05) is 11.6 Å². The Morgan fingerprint density at radius 1 is 1.30 bits per heavy atom. The molecule has 1 saturated heterocycles. The zero-order valence-electron chi connectivity index (χ0n) is 13.9. The minimum absolute atomic E-state index is 0.155. The van der Waals surface area contributed by atoms with Crippen LogP contribution >= 0.6 is 0 Å². The molecule has 1 aliphatic carbocycles. The number of carbonyl (C=O) groups excluding carboxylic acids is 1. The Hall–Kier alpha value is -1.47. The summed E-state index contributed by atoms with van der Waals surface area (Å²) in [6.07, 6.45) is 7.26. The number of hydrogen-bond donors (Lipinski definition) is 2. The summed E-state index contributed by atoms with van der Waals surface area (Å²) in [7, 11) is 0. The number of aromatic nitrogens is 3. The van der Waals surface area contributed by atoms with Crippen molar-refractivity contribution in [1.29, 1.82) is 0 Å². The quantitative estimate of drug-likeness (QED) is 0.770. The molecule has 2 fully saturated rings. The third-order valence-corrected chi connectivity index (χ3v) is 4.84. The maximum absolute atomic E-state index is 12.3. The topological polar surface area (TPSA) is 81.1 Å². The maximum Gasteiger partial charge on any atom is 0.273 e. The number of nitrogens with zero attached hydrogens (tertiary/aromatic N) is 3. The first-order chi connectivity index (χ1) is 11.3. The van der Waals surface area contributed by atoms with E-state index in [0.29, 0.717) is 31.0 Å². The van der Waals surface area contributed by atoms with Crippen LogP contribution in [0.1, 0.15) is 60.7 Å². The predicted molar refractivity (Wildman–Crippen MR) is 86.4 cm³/mol. The summed E-state index contributed by atoms with van der Waals surface area (Å²) in [5, 5.41) is 14.5. The van der Waals surface area contributed by atoms with Gasteiger partial charge in [-0.3, -0.25) is 4.79 Å². The van der Waals surface area contributed by atoms with Gasteiger partial charge >= 0.3 is 0 Å². The molecule has 2 N–H and O–H groups in total. The highest BCUT2D eigenvalue weighted by atomic mass is 16.5. The summed E-state index contributed by atoms with van der Waals surface area (Å²) >= 11 is 0. The SMILES string of the molecule is Cc1c(C(=O)NCCOC2CCCC2)nnn1C1CCNCC1. The fourth-order valence-electron chi connectivity index (χ4n) is 3.48. The molecule has 0 atom stereocenters. The van der Waals surface area contributed by atoms with Crippen molar-refractivity contribution in [1.82, 2.24) is 25.6 Å². The lowest BCUT2D eigenvalue weighted by Gasteiger charge is -2.23. The Morgan fingerprint density at radius 2 is 2.04 bits per heavy atom. The molecule has 0 unspecified atom stereocenters. The molecule has 1 aromatic heterocycles. The van der Waals surface area contributed by atoms with Crippen LogP contribution in [-0.4, -0.2) is 53.2 Å². The van der Waals surface area contributed by atoms with Crippen LogP contribution in [-0.2, 0) is 4.74 Å². The molecule has 2 heterocycles. The summed E-state index contributed by atoms with van der Waals surface area (Å²) in [5.41, 5.74) is 1.29. The van der Waals surface area contributed by atoms with Gasteiger partial charge in [0.1, 0.15) is 0 Å². The highest BCUT2D eigenvalue weighted by Crippen LogP contribution is 2.21. The largest absolute Gasteiger partial charge is 0.376 e. The summed E-state index contributed by atoms with van der Waals surface area (Å²) in [6.45, 7) is 4.99. The second-order valence-electron chi connectivity index (χ2n) is 6.48. The number of amides is 1. The van der Waals surface area contributed by atoms with Gasteiger partial charge in [0.25, 0.3) is 5.91 Å². The molecular weight excluding hydrogens is 294 g/mol. The zero-order chi connectivity index (χ0) is 16.1. The second-order valence-corrected chi connectivity index (χ2v) is 6.48. The van der Waals surface area contributed by atoms with Crippen molar-refractivity contribution in [2.75, 3.05) is 26.2 Å². The van der Waals surface area contributed by atoms with Gasteiger partial charge in [-0.15, -0.1) is 5.10 Å². The second kappa shape index (κ2) is 7.88. The molecule has 7 nitrogen and oxygen atoms in total. The van der Waals surface area contributed by atoms with Crippen molar-refractivity contribution < 1.29 is 9.53 Å². The number of carbonyl (C=O) groups is 1. The van der Waals surface area contributed by atoms with Crippen molar-refractivity contribution in [3.05, 3.63) is 11.4 Å². The lowest BCUT2D eigenvalue weighted by Crippen LogP contribution is -2.31. The molecule has 128 valence electrons. The van der Waals surface area contributed by atoms with E-state index in [4.69, 9.17) is 4.74 Å². The van der Waals surface area contributed by atoms with E-state index in [1.165, 1.54) is 12.8 Å². The zero-order valence-corrected chi connectivity index (χ0v) is 13.9. The first-order valence-electron chi connectivity index (χ1n) is 8.78. The molecule has 1 aromatic rings. The molecule has 1 amide bonds. The van der Waals surface area contributed by atoms with Gasteiger partial charge in [0.15, 0.2) is 5.69 Å². The monoisotopic (exact) mass is 321 g/mol. The van der Waals surface area contributed by atoms with Crippen LogP contribution in [0.3, 0.4) is 0 Å². The normalized spacial score (nSPS) is 20.0. The molecular formula is C16H27N5O2. The summed E-state index contributed by atoms with van der Waals surface area (Å²) in [4.78, 5) is 12.3. The molecule has 0 radical (unpaired) electrons. The van der Waals surface area contributed by atoms with Crippen molar-refractivity contribution >= 4 is 5.91 Å². The van der Waals surface area contributed by atoms with Gasteiger partial charge in [0, 0.05) is 6.54 Å². The molecule has 0 spiro atoms. The Morgan fingerprint density at radius 3 is 2.78 bits per heavy atom. The number of ether oxygens (including phenoxy) is 1. The lowest BCUT2D eigenvalue weighted by atomic mass is 10.1. The lowest BCUT2D eigenvalue weighted by molar-refractivity contribution is 0.0581. The highest BCUT2D eigenvalue weighted by Gasteiger charge is 2.22. The average Bonchev–Trinajstić information content (AvgIpc) is 3.22. The first kappa shape index (κ1) is 16.4. The standard InChI is InChI=1S/C16H27N5O2/c1-12-15(19-20-21(12)13-6-8-17-9-7-13)16(22)18-10-11-23-14-4-2-3-5-14/h13-14,17H,2-11H2,1H3,(H,18,22). The Bertz CT molecular complexity index is 519.